The highest BCUT2D eigenvalue weighted by molar-refractivity contribution is 7.99. The summed E-state index contributed by atoms with van der Waals surface area (Å²) in [5.74, 6) is 1.17. The number of rotatable bonds is 9. The van der Waals surface area contributed by atoms with Crippen molar-refractivity contribution in [3.05, 3.63) is 30.3 Å². The van der Waals surface area contributed by atoms with Gasteiger partial charge in [0.25, 0.3) is 0 Å². The van der Waals surface area contributed by atoms with Crippen molar-refractivity contribution in [2.24, 2.45) is 5.92 Å². The van der Waals surface area contributed by atoms with E-state index in [1.807, 2.05) is 30.3 Å². The highest BCUT2D eigenvalue weighted by Crippen LogP contribution is 2.09. The van der Waals surface area contributed by atoms with Gasteiger partial charge in [0.2, 0.25) is 5.91 Å². The Hall–Kier alpha value is -1.69. The molecule has 0 spiro atoms. The maximum absolute atomic E-state index is 11.6. The quantitative estimate of drug-likeness (QED) is 0.556. The van der Waals surface area contributed by atoms with Crippen molar-refractivity contribution in [2.45, 2.75) is 6.92 Å². The van der Waals surface area contributed by atoms with Crippen molar-refractivity contribution >= 4 is 23.6 Å². The molecule has 116 valence electrons. The fraction of sp³-hybridized carbons (Fsp3) is 0.467. The molecule has 1 amide bonds. The van der Waals surface area contributed by atoms with Crippen LogP contribution in [-0.4, -0.2) is 43.6 Å². The van der Waals surface area contributed by atoms with Gasteiger partial charge in [-0.15, -0.1) is 0 Å². The number of ether oxygens (including phenoxy) is 2. The minimum Gasteiger partial charge on any atom is -0.492 e. The van der Waals surface area contributed by atoms with Gasteiger partial charge in [0.05, 0.1) is 25.3 Å². The average molecular weight is 311 g/mol. The Balaban J connectivity index is 2.05. The highest BCUT2D eigenvalue weighted by Gasteiger charge is 2.13. The van der Waals surface area contributed by atoms with Gasteiger partial charge in [-0.05, 0) is 12.1 Å². The highest BCUT2D eigenvalue weighted by atomic mass is 32.2. The summed E-state index contributed by atoms with van der Waals surface area (Å²) >= 11 is 1.41. The zero-order chi connectivity index (χ0) is 15.5. The molecular weight excluding hydrogens is 290 g/mol. The molecule has 0 fully saturated rings. The summed E-state index contributed by atoms with van der Waals surface area (Å²) in [7, 11) is 1.36. The summed E-state index contributed by atoms with van der Waals surface area (Å²) in [6.07, 6.45) is 0. The number of benzene rings is 1. The summed E-state index contributed by atoms with van der Waals surface area (Å²) in [4.78, 5) is 22.8. The number of esters is 1. The molecule has 0 aliphatic heterocycles. The van der Waals surface area contributed by atoms with Gasteiger partial charge < -0.3 is 14.8 Å². The smallest absolute Gasteiger partial charge is 0.309 e. The van der Waals surface area contributed by atoms with Crippen molar-refractivity contribution in [3.8, 4) is 5.75 Å². The summed E-state index contributed by atoms with van der Waals surface area (Å²) in [5.41, 5.74) is 0. The predicted octanol–water partition coefficient (Wildman–Crippen LogP) is 1.72. The molecule has 1 unspecified atom stereocenters. The van der Waals surface area contributed by atoms with Crippen LogP contribution in [0.25, 0.3) is 0 Å². The largest absolute Gasteiger partial charge is 0.492 e. The van der Waals surface area contributed by atoms with Gasteiger partial charge in [-0.2, -0.15) is 11.8 Å². The fourth-order valence-electron chi connectivity index (χ4n) is 1.52. The number of methoxy groups -OCH3 is 1. The van der Waals surface area contributed by atoms with Crippen LogP contribution in [0.5, 0.6) is 5.75 Å². The Kier molecular flexibility index (Phi) is 8.35. The maximum atomic E-state index is 11.6. The molecule has 1 aromatic carbocycles. The molecule has 0 heterocycles. The predicted molar refractivity (Wildman–Crippen MR) is 83.5 cm³/mol. The van der Waals surface area contributed by atoms with Crippen molar-refractivity contribution in [3.63, 3.8) is 0 Å². The van der Waals surface area contributed by atoms with E-state index in [0.717, 1.165) is 5.75 Å². The van der Waals surface area contributed by atoms with Crippen LogP contribution < -0.4 is 10.1 Å². The van der Waals surface area contributed by atoms with Gasteiger partial charge in [0.1, 0.15) is 12.4 Å². The molecule has 1 aromatic rings. The third-order valence-electron chi connectivity index (χ3n) is 2.64. The van der Waals surface area contributed by atoms with Gasteiger partial charge in [-0.25, -0.2) is 0 Å². The van der Waals surface area contributed by atoms with Crippen LogP contribution in [0, 0.1) is 5.92 Å². The molecule has 0 bridgehead atoms. The van der Waals surface area contributed by atoms with Gasteiger partial charge >= 0.3 is 5.97 Å². The standard InChI is InChI=1S/C15H21NO4S/c1-12(15(18)19-2)10-21-11-14(17)16-8-9-20-13-6-4-3-5-7-13/h3-7,12H,8-11H2,1-2H3,(H,16,17). The lowest BCUT2D eigenvalue weighted by atomic mass is 10.2. The normalized spacial score (nSPS) is 11.5. The second kappa shape index (κ2) is 10.1. The van der Waals surface area contributed by atoms with E-state index in [1.54, 1.807) is 6.92 Å². The Labute approximate surface area is 129 Å². The summed E-state index contributed by atoms with van der Waals surface area (Å²) < 4.78 is 10.1. The molecular formula is C15H21NO4S. The lowest BCUT2D eigenvalue weighted by Gasteiger charge is -2.09. The average Bonchev–Trinajstić information content (AvgIpc) is 2.51. The van der Waals surface area contributed by atoms with Crippen LogP contribution in [0.2, 0.25) is 0 Å². The van der Waals surface area contributed by atoms with E-state index in [2.05, 4.69) is 10.1 Å². The number of thioether (sulfide) groups is 1. The summed E-state index contributed by atoms with van der Waals surface area (Å²) in [5, 5.41) is 2.77. The van der Waals surface area contributed by atoms with Crippen LogP contribution in [-0.2, 0) is 14.3 Å². The minimum atomic E-state index is -0.251. The summed E-state index contributed by atoms with van der Waals surface area (Å²) in [6.45, 7) is 2.67. The van der Waals surface area contributed by atoms with Crippen LogP contribution in [0.1, 0.15) is 6.92 Å². The molecule has 1 atom stereocenters. The first-order valence-electron chi connectivity index (χ1n) is 6.73. The number of hydrogen-bond acceptors (Lipinski definition) is 5. The first-order chi connectivity index (χ1) is 10.1. The number of nitrogens with one attached hydrogen (secondary N) is 1. The van der Waals surface area contributed by atoms with Crippen molar-refractivity contribution in [1.82, 2.24) is 5.32 Å². The van der Waals surface area contributed by atoms with Gasteiger partial charge in [0, 0.05) is 5.75 Å². The van der Waals surface area contributed by atoms with Crippen molar-refractivity contribution in [2.75, 3.05) is 31.8 Å². The van der Waals surface area contributed by atoms with Crippen molar-refractivity contribution < 1.29 is 19.1 Å². The molecule has 0 saturated heterocycles. The fourth-order valence-corrected chi connectivity index (χ4v) is 2.42. The van der Waals surface area contributed by atoms with E-state index in [1.165, 1.54) is 18.9 Å². The van der Waals surface area contributed by atoms with E-state index >= 15 is 0 Å². The Morgan fingerprint density at radius 2 is 2.00 bits per heavy atom. The lowest BCUT2D eigenvalue weighted by molar-refractivity contribution is -0.144. The Bertz CT molecular complexity index is 439. The third-order valence-corrected chi connectivity index (χ3v) is 3.84. The van der Waals surface area contributed by atoms with Crippen LogP contribution in [0.15, 0.2) is 30.3 Å². The molecule has 0 aliphatic carbocycles. The van der Waals surface area contributed by atoms with E-state index in [4.69, 9.17) is 4.74 Å². The molecule has 0 radical (unpaired) electrons. The Morgan fingerprint density at radius 3 is 2.67 bits per heavy atom. The van der Waals surface area contributed by atoms with Gasteiger partial charge in [-0.3, -0.25) is 9.59 Å². The van der Waals surface area contributed by atoms with E-state index < -0.39 is 0 Å². The zero-order valence-electron chi connectivity index (χ0n) is 12.3. The second-order valence-corrected chi connectivity index (χ2v) is 5.48. The molecule has 1 N–H and O–H groups in total. The van der Waals surface area contributed by atoms with Crippen LogP contribution in [0.4, 0.5) is 0 Å². The molecule has 0 aromatic heterocycles. The summed E-state index contributed by atoms with van der Waals surface area (Å²) in [6, 6.07) is 9.44. The number of carbonyl (C=O) groups is 2. The topological polar surface area (TPSA) is 64.6 Å². The van der Waals surface area contributed by atoms with Crippen molar-refractivity contribution in [1.29, 1.82) is 0 Å². The first kappa shape index (κ1) is 17.4. The van der Waals surface area contributed by atoms with Gasteiger partial charge in [-0.1, -0.05) is 25.1 Å². The van der Waals surface area contributed by atoms with E-state index in [0.29, 0.717) is 24.7 Å². The Morgan fingerprint density at radius 1 is 1.29 bits per heavy atom. The van der Waals surface area contributed by atoms with Crippen LogP contribution >= 0.6 is 11.8 Å². The maximum Gasteiger partial charge on any atom is 0.309 e. The third kappa shape index (κ3) is 7.60. The molecule has 21 heavy (non-hydrogen) atoms. The molecule has 0 aliphatic rings. The lowest BCUT2D eigenvalue weighted by Crippen LogP contribution is -2.30. The molecule has 1 rings (SSSR count). The second-order valence-electron chi connectivity index (χ2n) is 4.45. The minimum absolute atomic E-state index is 0.0614. The first-order valence-corrected chi connectivity index (χ1v) is 7.89. The van der Waals surface area contributed by atoms with E-state index in [-0.39, 0.29) is 17.8 Å². The molecule has 0 saturated carbocycles. The number of carbonyl (C=O) groups excluding carboxylic acids is 2. The number of amides is 1. The zero-order valence-corrected chi connectivity index (χ0v) is 13.2. The van der Waals surface area contributed by atoms with Gasteiger partial charge in [0.15, 0.2) is 0 Å². The molecule has 6 heteroatoms. The number of hydrogen-bond donors (Lipinski definition) is 1. The SMILES string of the molecule is COC(=O)C(C)CSCC(=O)NCCOc1ccccc1. The van der Waals surface area contributed by atoms with E-state index in [9.17, 15) is 9.59 Å². The van der Waals surface area contributed by atoms with Crippen LogP contribution in [0.3, 0.4) is 0 Å². The monoisotopic (exact) mass is 311 g/mol. The molecule has 5 nitrogen and oxygen atoms in total. The number of para-hydroxylation sites is 1.